The van der Waals surface area contributed by atoms with E-state index in [0.717, 1.165) is 24.8 Å². The number of rotatable bonds is 2. The molecule has 0 radical (unpaired) electrons. The molecule has 3 unspecified atom stereocenters. The largest absolute Gasteiger partial charge is 0.399 e. The number of carbonyl (C=O) groups is 1. The lowest BCUT2D eigenvalue weighted by Gasteiger charge is -2.20. The topological polar surface area (TPSA) is 64.4 Å². The van der Waals surface area contributed by atoms with Gasteiger partial charge in [-0.05, 0) is 43.9 Å². The van der Waals surface area contributed by atoms with Gasteiger partial charge in [0.2, 0.25) is 0 Å². The summed E-state index contributed by atoms with van der Waals surface area (Å²) in [5.74, 6) is -0.0408. The van der Waals surface area contributed by atoms with Crippen molar-refractivity contribution in [3.05, 3.63) is 29.3 Å². The highest BCUT2D eigenvalue weighted by molar-refractivity contribution is 5.96. The van der Waals surface area contributed by atoms with Gasteiger partial charge in [0.25, 0.3) is 5.91 Å². The van der Waals surface area contributed by atoms with E-state index in [1.807, 2.05) is 19.1 Å². The van der Waals surface area contributed by atoms with Crippen LogP contribution in [0.4, 0.5) is 5.69 Å². The molecule has 0 aliphatic carbocycles. The fourth-order valence-electron chi connectivity index (χ4n) is 2.92. The molecular weight excluding hydrogens is 228 g/mol. The summed E-state index contributed by atoms with van der Waals surface area (Å²) in [6.45, 7) is 1.92. The highest BCUT2D eigenvalue weighted by atomic mass is 16.5. The molecule has 4 heteroatoms. The molecule has 2 fully saturated rings. The molecule has 18 heavy (non-hydrogen) atoms. The Hall–Kier alpha value is -1.55. The van der Waals surface area contributed by atoms with Crippen LogP contribution in [0.15, 0.2) is 18.2 Å². The Morgan fingerprint density at radius 1 is 1.44 bits per heavy atom. The molecule has 0 spiro atoms. The molecule has 3 rings (SSSR count). The maximum Gasteiger partial charge on any atom is 0.251 e. The van der Waals surface area contributed by atoms with Crippen LogP contribution in [-0.4, -0.2) is 24.2 Å². The van der Waals surface area contributed by atoms with E-state index in [1.165, 1.54) is 0 Å². The quantitative estimate of drug-likeness (QED) is 0.779. The molecule has 1 aromatic carbocycles. The van der Waals surface area contributed by atoms with Crippen molar-refractivity contribution in [3.8, 4) is 0 Å². The van der Waals surface area contributed by atoms with Crippen molar-refractivity contribution < 1.29 is 9.53 Å². The van der Waals surface area contributed by atoms with E-state index in [0.29, 0.717) is 17.4 Å². The van der Waals surface area contributed by atoms with E-state index in [2.05, 4.69) is 5.32 Å². The lowest BCUT2D eigenvalue weighted by Crippen LogP contribution is -2.41. The van der Waals surface area contributed by atoms with Crippen LogP contribution in [-0.2, 0) is 4.74 Å². The third-order valence-corrected chi connectivity index (χ3v) is 3.93. The number of nitrogens with two attached hydrogens (primary N) is 1. The molecule has 2 saturated heterocycles. The van der Waals surface area contributed by atoms with Crippen LogP contribution < -0.4 is 11.1 Å². The van der Waals surface area contributed by atoms with E-state index in [9.17, 15) is 4.79 Å². The number of benzene rings is 1. The van der Waals surface area contributed by atoms with Crippen molar-refractivity contribution in [1.29, 1.82) is 0 Å². The summed E-state index contributed by atoms with van der Waals surface area (Å²) in [5.41, 5.74) is 7.96. The zero-order chi connectivity index (χ0) is 12.7. The minimum absolute atomic E-state index is 0.0408. The monoisotopic (exact) mass is 246 g/mol. The maximum atomic E-state index is 12.2. The molecule has 1 aromatic rings. The van der Waals surface area contributed by atoms with Gasteiger partial charge in [0.15, 0.2) is 0 Å². The van der Waals surface area contributed by atoms with E-state index < -0.39 is 0 Å². The molecule has 2 aliphatic rings. The zero-order valence-electron chi connectivity index (χ0n) is 10.5. The van der Waals surface area contributed by atoms with Gasteiger partial charge in [0, 0.05) is 11.3 Å². The smallest absolute Gasteiger partial charge is 0.251 e. The molecule has 3 atom stereocenters. The molecule has 2 heterocycles. The summed E-state index contributed by atoms with van der Waals surface area (Å²) >= 11 is 0. The average molecular weight is 246 g/mol. The lowest BCUT2D eigenvalue weighted by atomic mass is 9.95. The second-order valence-electron chi connectivity index (χ2n) is 5.26. The number of nitrogen functional groups attached to an aromatic ring is 1. The number of ether oxygens (including phenoxy) is 1. The number of hydrogen-bond donors (Lipinski definition) is 2. The van der Waals surface area contributed by atoms with Gasteiger partial charge in [0.05, 0.1) is 18.2 Å². The Morgan fingerprint density at radius 3 is 2.94 bits per heavy atom. The summed E-state index contributed by atoms with van der Waals surface area (Å²) in [7, 11) is 0. The van der Waals surface area contributed by atoms with Gasteiger partial charge in [-0.2, -0.15) is 0 Å². The van der Waals surface area contributed by atoms with Crippen LogP contribution in [0.25, 0.3) is 0 Å². The highest BCUT2D eigenvalue weighted by Crippen LogP contribution is 2.34. The standard InChI is InChI=1S/C14H18N2O2/c1-8-2-3-9(15)6-11(8)14(17)16-12-7-10-4-5-13(12)18-10/h2-3,6,10,12-13H,4-5,7,15H2,1H3,(H,16,17). The van der Waals surface area contributed by atoms with E-state index in [-0.39, 0.29) is 18.1 Å². The van der Waals surface area contributed by atoms with Gasteiger partial charge in [-0.3, -0.25) is 4.79 Å². The van der Waals surface area contributed by atoms with E-state index in [1.54, 1.807) is 6.07 Å². The summed E-state index contributed by atoms with van der Waals surface area (Å²) in [6.07, 6.45) is 3.69. The predicted octanol–water partition coefficient (Wildman–Crippen LogP) is 1.63. The number of hydrogen-bond acceptors (Lipinski definition) is 3. The molecule has 2 bridgehead atoms. The lowest BCUT2D eigenvalue weighted by molar-refractivity contribution is 0.0840. The first-order valence-electron chi connectivity index (χ1n) is 6.46. The van der Waals surface area contributed by atoms with Crippen molar-refractivity contribution in [2.24, 2.45) is 0 Å². The number of amides is 1. The van der Waals surface area contributed by atoms with Crippen molar-refractivity contribution in [2.45, 2.75) is 44.4 Å². The first-order chi connectivity index (χ1) is 8.63. The normalized spacial score (nSPS) is 29.5. The van der Waals surface area contributed by atoms with Crippen LogP contribution in [0.5, 0.6) is 0 Å². The van der Waals surface area contributed by atoms with Crippen LogP contribution in [0.2, 0.25) is 0 Å². The second-order valence-corrected chi connectivity index (χ2v) is 5.26. The van der Waals surface area contributed by atoms with Gasteiger partial charge >= 0.3 is 0 Å². The van der Waals surface area contributed by atoms with Crippen LogP contribution in [0, 0.1) is 6.92 Å². The van der Waals surface area contributed by atoms with Crippen molar-refractivity contribution in [1.82, 2.24) is 5.32 Å². The third-order valence-electron chi connectivity index (χ3n) is 3.93. The van der Waals surface area contributed by atoms with Crippen LogP contribution >= 0.6 is 0 Å². The first-order valence-corrected chi connectivity index (χ1v) is 6.46. The molecule has 1 amide bonds. The Morgan fingerprint density at radius 2 is 2.28 bits per heavy atom. The molecule has 2 aliphatic heterocycles. The Balaban J connectivity index is 1.73. The minimum atomic E-state index is -0.0408. The fourth-order valence-corrected chi connectivity index (χ4v) is 2.92. The number of nitrogens with one attached hydrogen (secondary N) is 1. The number of carbonyl (C=O) groups excluding carboxylic acids is 1. The third kappa shape index (κ3) is 1.97. The van der Waals surface area contributed by atoms with E-state index >= 15 is 0 Å². The number of aryl methyl sites for hydroxylation is 1. The number of anilines is 1. The van der Waals surface area contributed by atoms with Crippen molar-refractivity contribution in [3.63, 3.8) is 0 Å². The molecule has 0 saturated carbocycles. The van der Waals surface area contributed by atoms with E-state index in [4.69, 9.17) is 10.5 Å². The molecule has 3 N–H and O–H groups in total. The van der Waals surface area contributed by atoms with Crippen molar-refractivity contribution in [2.75, 3.05) is 5.73 Å². The average Bonchev–Trinajstić information content (AvgIpc) is 2.94. The summed E-state index contributed by atoms with van der Waals surface area (Å²) in [4.78, 5) is 12.2. The number of fused-ring (bicyclic) bond motifs is 2. The predicted molar refractivity (Wildman–Crippen MR) is 69.4 cm³/mol. The van der Waals surface area contributed by atoms with Gasteiger partial charge in [0.1, 0.15) is 0 Å². The van der Waals surface area contributed by atoms with Gasteiger partial charge < -0.3 is 15.8 Å². The van der Waals surface area contributed by atoms with Crippen LogP contribution in [0.3, 0.4) is 0 Å². The zero-order valence-corrected chi connectivity index (χ0v) is 10.5. The molecule has 0 aromatic heterocycles. The van der Waals surface area contributed by atoms with Gasteiger partial charge in [-0.1, -0.05) is 6.07 Å². The minimum Gasteiger partial charge on any atom is -0.399 e. The van der Waals surface area contributed by atoms with Gasteiger partial charge in [-0.25, -0.2) is 0 Å². The van der Waals surface area contributed by atoms with Crippen molar-refractivity contribution >= 4 is 11.6 Å². The summed E-state index contributed by atoms with van der Waals surface area (Å²) in [5, 5.41) is 3.08. The van der Waals surface area contributed by atoms with Gasteiger partial charge in [-0.15, -0.1) is 0 Å². The Kier molecular flexibility index (Phi) is 2.74. The Labute approximate surface area is 107 Å². The molecule has 96 valence electrons. The van der Waals surface area contributed by atoms with Crippen LogP contribution in [0.1, 0.15) is 35.2 Å². The molecule has 4 nitrogen and oxygen atoms in total. The summed E-state index contributed by atoms with van der Waals surface area (Å²) < 4.78 is 5.74. The fraction of sp³-hybridized carbons (Fsp3) is 0.500. The second kappa shape index (κ2) is 4.28. The SMILES string of the molecule is Cc1ccc(N)cc1C(=O)NC1CC2CCC1O2. The Bertz CT molecular complexity index is 487. The molecular formula is C14H18N2O2. The maximum absolute atomic E-state index is 12.2. The highest BCUT2D eigenvalue weighted by Gasteiger charge is 2.41. The first kappa shape index (κ1) is 11.5. The summed E-state index contributed by atoms with van der Waals surface area (Å²) in [6, 6.07) is 5.59.